The summed E-state index contributed by atoms with van der Waals surface area (Å²) in [7, 11) is 1.94. The molecule has 94 valence electrons. The van der Waals surface area contributed by atoms with Crippen LogP contribution in [0.15, 0.2) is 22.7 Å². The van der Waals surface area contributed by atoms with Gasteiger partial charge < -0.3 is 10.0 Å². The lowest BCUT2D eigenvalue weighted by Gasteiger charge is -2.21. The van der Waals surface area contributed by atoms with Crippen LogP contribution >= 0.6 is 15.9 Å². The molecule has 1 aromatic carbocycles. The molecule has 0 aliphatic rings. The summed E-state index contributed by atoms with van der Waals surface area (Å²) in [6.45, 7) is 3.04. The zero-order chi connectivity index (χ0) is 12.8. The molecular weight excluding hydrogens is 282 g/mol. The monoisotopic (exact) mass is 299 g/mol. The van der Waals surface area contributed by atoms with Gasteiger partial charge in [-0.15, -0.1) is 0 Å². The molecule has 1 rings (SSSR count). The topological polar surface area (TPSA) is 40.5 Å². The van der Waals surface area contributed by atoms with Crippen LogP contribution in [0.1, 0.15) is 36.5 Å². The quantitative estimate of drug-likeness (QED) is 0.813. The first kappa shape index (κ1) is 14.0. The summed E-state index contributed by atoms with van der Waals surface area (Å²) in [6.07, 6.45) is 3.42. The number of unbranched alkanes of at least 4 members (excludes halogenated alkanes) is 2. The molecule has 0 saturated carbocycles. The van der Waals surface area contributed by atoms with Crippen molar-refractivity contribution in [3.05, 3.63) is 28.2 Å². The van der Waals surface area contributed by atoms with Crippen LogP contribution in [-0.4, -0.2) is 24.7 Å². The average Bonchev–Trinajstić information content (AvgIpc) is 2.29. The Bertz CT molecular complexity index is 393. The van der Waals surface area contributed by atoms with Crippen LogP contribution in [0.2, 0.25) is 0 Å². The fourth-order valence-corrected chi connectivity index (χ4v) is 2.09. The van der Waals surface area contributed by atoms with Gasteiger partial charge in [-0.05, 0) is 24.6 Å². The van der Waals surface area contributed by atoms with E-state index in [4.69, 9.17) is 5.11 Å². The molecule has 0 aliphatic heterocycles. The summed E-state index contributed by atoms with van der Waals surface area (Å²) in [5.74, 6) is -0.886. The number of hydrogen-bond donors (Lipinski definition) is 1. The lowest BCUT2D eigenvalue weighted by molar-refractivity contribution is 0.0697. The first-order valence-electron chi connectivity index (χ1n) is 5.80. The molecule has 0 bridgehead atoms. The van der Waals surface area contributed by atoms with Gasteiger partial charge in [0.2, 0.25) is 0 Å². The fraction of sp³-hybridized carbons (Fsp3) is 0.462. The normalized spacial score (nSPS) is 10.3. The number of carbonyl (C=O) groups is 1. The molecule has 0 aliphatic carbocycles. The Morgan fingerprint density at radius 1 is 1.41 bits per heavy atom. The van der Waals surface area contributed by atoms with Crippen LogP contribution in [0, 0.1) is 0 Å². The summed E-state index contributed by atoms with van der Waals surface area (Å²) in [6, 6.07) is 5.37. The zero-order valence-corrected chi connectivity index (χ0v) is 11.8. The van der Waals surface area contributed by atoms with Gasteiger partial charge in [-0.25, -0.2) is 4.79 Å². The maximum Gasteiger partial charge on any atom is 0.337 e. The molecule has 0 atom stereocenters. The van der Waals surface area contributed by atoms with Crippen molar-refractivity contribution in [3.8, 4) is 0 Å². The fourth-order valence-electron chi connectivity index (χ4n) is 1.73. The van der Waals surface area contributed by atoms with Crippen LogP contribution in [0.25, 0.3) is 0 Å². The van der Waals surface area contributed by atoms with Crippen molar-refractivity contribution >= 4 is 27.6 Å². The average molecular weight is 300 g/mol. The van der Waals surface area contributed by atoms with E-state index < -0.39 is 5.97 Å². The Balaban J connectivity index is 2.84. The minimum absolute atomic E-state index is 0.346. The molecule has 0 spiro atoms. The van der Waals surface area contributed by atoms with Crippen molar-refractivity contribution in [2.75, 3.05) is 18.5 Å². The van der Waals surface area contributed by atoms with Gasteiger partial charge >= 0.3 is 5.97 Å². The van der Waals surface area contributed by atoms with Crippen LogP contribution in [0.4, 0.5) is 5.69 Å². The van der Waals surface area contributed by atoms with Gasteiger partial charge in [0.1, 0.15) is 0 Å². The number of hydrogen-bond acceptors (Lipinski definition) is 2. The van der Waals surface area contributed by atoms with Crippen molar-refractivity contribution < 1.29 is 9.90 Å². The number of benzene rings is 1. The molecule has 17 heavy (non-hydrogen) atoms. The van der Waals surface area contributed by atoms with Crippen LogP contribution in [-0.2, 0) is 0 Å². The highest BCUT2D eigenvalue weighted by Crippen LogP contribution is 2.24. The molecule has 0 saturated heterocycles. The number of rotatable bonds is 6. The summed E-state index contributed by atoms with van der Waals surface area (Å²) < 4.78 is 0.792. The second-order valence-electron chi connectivity index (χ2n) is 4.10. The van der Waals surface area contributed by atoms with E-state index in [0.29, 0.717) is 5.56 Å². The number of halogens is 1. The summed E-state index contributed by atoms with van der Waals surface area (Å²) >= 11 is 3.30. The molecule has 3 nitrogen and oxygen atoms in total. The third-order valence-corrected chi connectivity index (χ3v) is 3.19. The van der Waals surface area contributed by atoms with E-state index in [1.807, 2.05) is 24.1 Å². The third-order valence-electron chi connectivity index (χ3n) is 2.70. The Morgan fingerprint density at radius 2 is 2.12 bits per heavy atom. The van der Waals surface area contributed by atoms with Crippen LogP contribution < -0.4 is 4.90 Å². The lowest BCUT2D eigenvalue weighted by atomic mass is 10.1. The first-order valence-corrected chi connectivity index (χ1v) is 6.59. The van der Waals surface area contributed by atoms with E-state index in [-0.39, 0.29) is 0 Å². The predicted octanol–water partition coefficient (Wildman–Crippen LogP) is 3.77. The standard InChI is InChI=1S/C13H18BrNO2/c1-3-4-5-8-15(2)12-7-6-10(14)9-11(12)13(16)17/h6-7,9H,3-5,8H2,1-2H3,(H,16,17). The Hall–Kier alpha value is -1.03. The lowest BCUT2D eigenvalue weighted by Crippen LogP contribution is -2.21. The largest absolute Gasteiger partial charge is 0.478 e. The molecule has 4 heteroatoms. The van der Waals surface area contributed by atoms with Gasteiger partial charge in [0.15, 0.2) is 0 Å². The maximum atomic E-state index is 11.2. The molecule has 0 amide bonds. The molecule has 1 N–H and O–H groups in total. The molecule has 0 radical (unpaired) electrons. The second kappa shape index (κ2) is 6.64. The first-order chi connectivity index (χ1) is 8.06. The van der Waals surface area contributed by atoms with Gasteiger partial charge in [-0.1, -0.05) is 35.7 Å². The smallest absolute Gasteiger partial charge is 0.337 e. The number of anilines is 1. The van der Waals surface area contributed by atoms with Crippen molar-refractivity contribution in [1.82, 2.24) is 0 Å². The minimum atomic E-state index is -0.886. The molecule has 0 fully saturated rings. The highest BCUT2D eigenvalue weighted by molar-refractivity contribution is 9.10. The number of nitrogens with zero attached hydrogens (tertiary/aromatic N) is 1. The van der Waals surface area contributed by atoms with E-state index in [2.05, 4.69) is 22.9 Å². The predicted molar refractivity (Wildman–Crippen MR) is 73.9 cm³/mol. The van der Waals surface area contributed by atoms with Crippen molar-refractivity contribution in [3.63, 3.8) is 0 Å². The van der Waals surface area contributed by atoms with E-state index in [9.17, 15) is 4.79 Å². The number of carboxylic acid groups (broad SMARTS) is 1. The van der Waals surface area contributed by atoms with E-state index >= 15 is 0 Å². The molecule has 1 aromatic rings. The van der Waals surface area contributed by atoms with Gasteiger partial charge in [0.05, 0.1) is 11.3 Å². The Labute approximate surface area is 111 Å². The van der Waals surface area contributed by atoms with Gasteiger partial charge in [-0.2, -0.15) is 0 Å². The van der Waals surface area contributed by atoms with E-state index in [0.717, 1.165) is 23.1 Å². The Morgan fingerprint density at radius 3 is 2.71 bits per heavy atom. The highest BCUT2D eigenvalue weighted by atomic mass is 79.9. The van der Waals surface area contributed by atoms with Crippen molar-refractivity contribution in [2.24, 2.45) is 0 Å². The molecule has 0 aromatic heterocycles. The summed E-state index contributed by atoms with van der Waals surface area (Å²) in [5.41, 5.74) is 1.12. The molecule has 0 heterocycles. The highest BCUT2D eigenvalue weighted by Gasteiger charge is 2.13. The summed E-state index contributed by atoms with van der Waals surface area (Å²) in [5, 5.41) is 9.16. The number of carboxylic acids is 1. The molecular formula is C13H18BrNO2. The van der Waals surface area contributed by atoms with Crippen LogP contribution in [0.5, 0.6) is 0 Å². The third kappa shape index (κ3) is 4.04. The van der Waals surface area contributed by atoms with Gasteiger partial charge in [0.25, 0.3) is 0 Å². The minimum Gasteiger partial charge on any atom is -0.478 e. The van der Waals surface area contributed by atoms with Gasteiger partial charge in [0, 0.05) is 18.1 Å². The van der Waals surface area contributed by atoms with E-state index in [1.54, 1.807) is 6.07 Å². The molecule has 0 unspecified atom stereocenters. The summed E-state index contributed by atoms with van der Waals surface area (Å²) in [4.78, 5) is 13.2. The zero-order valence-electron chi connectivity index (χ0n) is 10.2. The Kier molecular flexibility index (Phi) is 5.48. The second-order valence-corrected chi connectivity index (χ2v) is 5.01. The van der Waals surface area contributed by atoms with Crippen molar-refractivity contribution in [1.29, 1.82) is 0 Å². The van der Waals surface area contributed by atoms with Gasteiger partial charge in [-0.3, -0.25) is 0 Å². The van der Waals surface area contributed by atoms with E-state index in [1.165, 1.54) is 12.8 Å². The van der Waals surface area contributed by atoms with Crippen LogP contribution in [0.3, 0.4) is 0 Å². The maximum absolute atomic E-state index is 11.2. The van der Waals surface area contributed by atoms with Crippen molar-refractivity contribution in [2.45, 2.75) is 26.2 Å². The number of aromatic carboxylic acids is 1. The SMILES string of the molecule is CCCCCN(C)c1ccc(Br)cc1C(=O)O.